The van der Waals surface area contributed by atoms with Gasteiger partial charge in [-0.2, -0.15) is 0 Å². The van der Waals surface area contributed by atoms with Crippen LogP contribution in [0.25, 0.3) is 0 Å². The number of pyridine rings is 1. The summed E-state index contributed by atoms with van der Waals surface area (Å²) >= 11 is 5.90. The molecule has 0 aliphatic carbocycles. The Labute approximate surface area is 112 Å². The van der Waals surface area contributed by atoms with Gasteiger partial charge < -0.3 is 10.5 Å². The SMILES string of the molecule is CC(N)Cc1cncc(Oc2cccc(Cl)c2)c1. The molecular formula is C14H15ClN2O. The lowest BCUT2D eigenvalue weighted by Crippen LogP contribution is -2.17. The summed E-state index contributed by atoms with van der Waals surface area (Å²) in [7, 11) is 0. The van der Waals surface area contributed by atoms with Crippen LogP contribution < -0.4 is 10.5 Å². The van der Waals surface area contributed by atoms with E-state index in [0.29, 0.717) is 16.5 Å². The van der Waals surface area contributed by atoms with E-state index < -0.39 is 0 Å². The van der Waals surface area contributed by atoms with E-state index in [2.05, 4.69) is 4.98 Å². The number of aromatic nitrogens is 1. The van der Waals surface area contributed by atoms with E-state index in [1.54, 1.807) is 24.5 Å². The highest BCUT2D eigenvalue weighted by Crippen LogP contribution is 2.24. The van der Waals surface area contributed by atoms with Gasteiger partial charge in [0.2, 0.25) is 0 Å². The molecule has 0 saturated heterocycles. The van der Waals surface area contributed by atoms with E-state index in [9.17, 15) is 0 Å². The highest BCUT2D eigenvalue weighted by Gasteiger charge is 2.02. The van der Waals surface area contributed by atoms with E-state index in [4.69, 9.17) is 22.1 Å². The molecule has 1 aromatic carbocycles. The third-order valence-corrected chi connectivity index (χ3v) is 2.59. The molecule has 1 atom stereocenters. The number of nitrogens with two attached hydrogens (primary N) is 1. The van der Waals surface area contributed by atoms with E-state index in [1.165, 1.54) is 0 Å². The smallest absolute Gasteiger partial charge is 0.145 e. The fourth-order valence-electron chi connectivity index (χ4n) is 1.67. The fourth-order valence-corrected chi connectivity index (χ4v) is 1.85. The minimum absolute atomic E-state index is 0.105. The van der Waals surface area contributed by atoms with Gasteiger partial charge in [-0.3, -0.25) is 4.98 Å². The quantitative estimate of drug-likeness (QED) is 0.918. The highest BCUT2D eigenvalue weighted by molar-refractivity contribution is 6.30. The number of hydrogen-bond donors (Lipinski definition) is 1. The Balaban J connectivity index is 2.14. The Hall–Kier alpha value is -1.58. The van der Waals surface area contributed by atoms with Crippen molar-refractivity contribution in [2.75, 3.05) is 0 Å². The molecule has 1 aromatic heterocycles. The molecule has 2 N–H and O–H groups in total. The van der Waals surface area contributed by atoms with Crippen molar-refractivity contribution in [1.29, 1.82) is 0 Å². The predicted molar refractivity (Wildman–Crippen MR) is 73.1 cm³/mol. The van der Waals surface area contributed by atoms with Crippen LogP contribution in [-0.2, 0) is 6.42 Å². The third-order valence-electron chi connectivity index (χ3n) is 2.36. The molecule has 0 aliphatic rings. The van der Waals surface area contributed by atoms with Crippen LogP contribution in [-0.4, -0.2) is 11.0 Å². The minimum atomic E-state index is 0.105. The topological polar surface area (TPSA) is 48.1 Å². The van der Waals surface area contributed by atoms with Crippen LogP contribution in [0.15, 0.2) is 42.7 Å². The standard InChI is InChI=1S/C14H15ClN2O/c1-10(16)5-11-6-14(9-17-8-11)18-13-4-2-3-12(15)7-13/h2-4,6-10H,5,16H2,1H3. The molecule has 1 heterocycles. The van der Waals surface area contributed by atoms with Gasteiger partial charge in [-0.1, -0.05) is 17.7 Å². The van der Waals surface area contributed by atoms with Crippen LogP contribution in [0.4, 0.5) is 0 Å². The second-order valence-electron chi connectivity index (χ2n) is 4.27. The molecule has 2 rings (SSSR count). The van der Waals surface area contributed by atoms with Gasteiger partial charge in [0.15, 0.2) is 0 Å². The first-order valence-corrected chi connectivity index (χ1v) is 6.14. The molecule has 18 heavy (non-hydrogen) atoms. The summed E-state index contributed by atoms with van der Waals surface area (Å²) in [6.07, 6.45) is 4.25. The van der Waals surface area contributed by atoms with Crippen molar-refractivity contribution in [3.8, 4) is 11.5 Å². The zero-order valence-electron chi connectivity index (χ0n) is 10.1. The zero-order valence-corrected chi connectivity index (χ0v) is 10.9. The molecule has 2 aromatic rings. The fraction of sp³-hybridized carbons (Fsp3) is 0.214. The Kier molecular flexibility index (Phi) is 4.18. The Morgan fingerprint density at radius 3 is 2.83 bits per heavy atom. The average Bonchev–Trinajstić information content (AvgIpc) is 2.28. The number of nitrogens with zero attached hydrogens (tertiary/aromatic N) is 1. The van der Waals surface area contributed by atoms with Crippen LogP contribution >= 0.6 is 11.6 Å². The van der Waals surface area contributed by atoms with Crippen molar-refractivity contribution in [3.05, 3.63) is 53.3 Å². The van der Waals surface area contributed by atoms with Crippen LogP contribution in [0, 0.1) is 0 Å². The summed E-state index contributed by atoms with van der Waals surface area (Å²) in [4.78, 5) is 4.14. The summed E-state index contributed by atoms with van der Waals surface area (Å²) in [5, 5.41) is 0.646. The van der Waals surface area contributed by atoms with Gasteiger partial charge in [-0.15, -0.1) is 0 Å². The normalized spacial score (nSPS) is 12.2. The summed E-state index contributed by atoms with van der Waals surface area (Å²) < 4.78 is 5.69. The van der Waals surface area contributed by atoms with Crippen molar-refractivity contribution in [3.63, 3.8) is 0 Å². The molecule has 0 radical (unpaired) electrons. The summed E-state index contributed by atoms with van der Waals surface area (Å²) in [5.74, 6) is 1.39. The van der Waals surface area contributed by atoms with Crippen molar-refractivity contribution in [2.45, 2.75) is 19.4 Å². The van der Waals surface area contributed by atoms with Crippen molar-refractivity contribution >= 4 is 11.6 Å². The first-order valence-electron chi connectivity index (χ1n) is 5.76. The molecule has 0 saturated carbocycles. The first-order chi connectivity index (χ1) is 8.63. The molecule has 0 spiro atoms. The van der Waals surface area contributed by atoms with Crippen LogP contribution in [0.1, 0.15) is 12.5 Å². The van der Waals surface area contributed by atoms with Gasteiger partial charge >= 0.3 is 0 Å². The van der Waals surface area contributed by atoms with E-state index in [-0.39, 0.29) is 6.04 Å². The van der Waals surface area contributed by atoms with Crippen LogP contribution in [0.2, 0.25) is 5.02 Å². The Bertz CT molecular complexity index is 529. The maximum atomic E-state index is 5.90. The molecule has 94 valence electrons. The van der Waals surface area contributed by atoms with Gasteiger partial charge in [-0.25, -0.2) is 0 Å². The lowest BCUT2D eigenvalue weighted by atomic mass is 10.1. The summed E-state index contributed by atoms with van der Waals surface area (Å²) in [6.45, 7) is 1.96. The van der Waals surface area contributed by atoms with Crippen molar-refractivity contribution in [2.24, 2.45) is 5.73 Å². The molecule has 0 fully saturated rings. The van der Waals surface area contributed by atoms with Crippen molar-refractivity contribution in [1.82, 2.24) is 4.98 Å². The van der Waals surface area contributed by atoms with Gasteiger partial charge in [0.1, 0.15) is 11.5 Å². The monoisotopic (exact) mass is 262 g/mol. The lowest BCUT2D eigenvalue weighted by Gasteiger charge is -2.08. The van der Waals surface area contributed by atoms with E-state index >= 15 is 0 Å². The maximum absolute atomic E-state index is 5.90. The van der Waals surface area contributed by atoms with Crippen molar-refractivity contribution < 1.29 is 4.74 Å². The van der Waals surface area contributed by atoms with Gasteiger partial charge in [-0.05, 0) is 43.2 Å². The summed E-state index contributed by atoms with van der Waals surface area (Å²) in [6, 6.07) is 9.31. The molecule has 0 aliphatic heterocycles. The molecule has 3 nitrogen and oxygen atoms in total. The molecular weight excluding hydrogens is 248 g/mol. The third kappa shape index (κ3) is 3.72. The van der Waals surface area contributed by atoms with E-state index in [1.807, 2.05) is 25.1 Å². The predicted octanol–water partition coefficient (Wildman–Crippen LogP) is 3.42. The zero-order chi connectivity index (χ0) is 13.0. The number of rotatable bonds is 4. The average molecular weight is 263 g/mol. The number of benzene rings is 1. The highest BCUT2D eigenvalue weighted by atomic mass is 35.5. The number of hydrogen-bond acceptors (Lipinski definition) is 3. The van der Waals surface area contributed by atoms with Gasteiger partial charge in [0.05, 0.1) is 6.20 Å². The van der Waals surface area contributed by atoms with Crippen LogP contribution in [0.3, 0.4) is 0 Å². The Morgan fingerprint density at radius 1 is 1.28 bits per heavy atom. The first kappa shape index (κ1) is 12.9. The molecule has 4 heteroatoms. The lowest BCUT2D eigenvalue weighted by molar-refractivity contribution is 0.479. The molecule has 1 unspecified atom stereocenters. The second-order valence-corrected chi connectivity index (χ2v) is 4.71. The van der Waals surface area contributed by atoms with E-state index in [0.717, 1.165) is 12.0 Å². The molecule has 0 amide bonds. The number of ether oxygens (including phenoxy) is 1. The van der Waals surface area contributed by atoms with Gasteiger partial charge in [0, 0.05) is 17.3 Å². The Morgan fingerprint density at radius 2 is 2.11 bits per heavy atom. The second kappa shape index (κ2) is 5.85. The van der Waals surface area contributed by atoms with Crippen LogP contribution in [0.5, 0.6) is 11.5 Å². The maximum Gasteiger partial charge on any atom is 0.145 e. The summed E-state index contributed by atoms with van der Waals surface area (Å²) in [5.41, 5.74) is 6.82. The largest absolute Gasteiger partial charge is 0.456 e. The van der Waals surface area contributed by atoms with Gasteiger partial charge in [0.25, 0.3) is 0 Å². The number of halogens is 1. The molecule has 0 bridgehead atoms. The minimum Gasteiger partial charge on any atom is -0.456 e.